The molecule has 0 aromatic heterocycles. The van der Waals surface area contributed by atoms with Crippen molar-refractivity contribution in [3.8, 4) is 11.5 Å². The number of amides is 1. The molecular weight excluding hydrogens is 448 g/mol. The van der Waals surface area contributed by atoms with Gasteiger partial charge in [-0.3, -0.25) is 4.79 Å². The molecule has 33 heavy (non-hydrogen) atoms. The van der Waals surface area contributed by atoms with Crippen molar-refractivity contribution in [3.05, 3.63) is 66.2 Å². The van der Waals surface area contributed by atoms with Crippen molar-refractivity contribution < 1.29 is 32.5 Å². The fraction of sp³-hybridized carbons (Fsp3) is 0.348. The molecule has 0 bridgehead atoms. The molecule has 10 heteroatoms. The van der Waals surface area contributed by atoms with Gasteiger partial charge in [0.25, 0.3) is 0 Å². The van der Waals surface area contributed by atoms with Crippen LogP contribution >= 0.6 is 0 Å². The third kappa shape index (κ3) is 6.55. The van der Waals surface area contributed by atoms with E-state index in [1.165, 1.54) is 13.2 Å². The monoisotopic (exact) mass is 476 g/mol. The average molecular weight is 477 g/mol. The van der Waals surface area contributed by atoms with E-state index in [2.05, 4.69) is 10.0 Å². The highest BCUT2D eigenvalue weighted by atomic mass is 32.2. The van der Waals surface area contributed by atoms with E-state index in [9.17, 15) is 18.3 Å². The van der Waals surface area contributed by atoms with E-state index >= 15 is 0 Å². The number of sulfonamides is 1. The fourth-order valence-electron chi connectivity index (χ4n) is 3.43. The van der Waals surface area contributed by atoms with Crippen LogP contribution in [-0.4, -0.2) is 58.5 Å². The first kappa shape index (κ1) is 24.7. The van der Waals surface area contributed by atoms with Gasteiger partial charge >= 0.3 is 0 Å². The first-order chi connectivity index (χ1) is 15.9. The fourth-order valence-corrected chi connectivity index (χ4v) is 4.82. The highest BCUT2D eigenvalue weighted by Crippen LogP contribution is 2.24. The van der Waals surface area contributed by atoms with E-state index in [1.54, 1.807) is 37.5 Å². The maximum Gasteiger partial charge on any atom is 0.244 e. The highest BCUT2D eigenvalue weighted by Gasteiger charge is 2.32. The Balaban J connectivity index is 1.60. The van der Waals surface area contributed by atoms with Crippen LogP contribution in [0.15, 0.2) is 65.6 Å². The number of rotatable bonds is 10. The molecule has 178 valence electrons. The Bertz CT molecular complexity index is 1090. The number of nitrogens with one attached hydrogen (secondary N) is 2. The molecule has 3 atom stereocenters. The second-order valence-corrected chi connectivity index (χ2v) is 9.09. The number of benzene rings is 2. The molecule has 0 saturated carbocycles. The van der Waals surface area contributed by atoms with Crippen LogP contribution in [0.2, 0.25) is 0 Å². The summed E-state index contributed by atoms with van der Waals surface area (Å²) in [6.07, 6.45) is 1.79. The normalized spacial score (nSPS) is 20.3. The molecule has 2 aromatic rings. The third-order valence-electron chi connectivity index (χ3n) is 5.12. The van der Waals surface area contributed by atoms with Crippen LogP contribution in [0.25, 0.3) is 0 Å². The van der Waals surface area contributed by atoms with Gasteiger partial charge in [-0.15, -0.1) is 0 Å². The van der Waals surface area contributed by atoms with Crippen molar-refractivity contribution in [2.24, 2.45) is 0 Å². The Morgan fingerprint density at radius 1 is 1.09 bits per heavy atom. The summed E-state index contributed by atoms with van der Waals surface area (Å²) in [4.78, 5) is 12.3. The summed E-state index contributed by atoms with van der Waals surface area (Å²) in [6, 6.07) is 12.8. The molecule has 1 aliphatic heterocycles. The largest absolute Gasteiger partial charge is 0.497 e. The summed E-state index contributed by atoms with van der Waals surface area (Å²) in [5.74, 6) is 0.668. The molecule has 0 spiro atoms. The highest BCUT2D eigenvalue weighted by molar-refractivity contribution is 7.89. The Morgan fingerprint density at radius 3 is 2.61 bits per heavy atom. The van der Waals surface area contributed by atoms with Crippen molar-refractivity contribution in [3.63, 3.8) is 0 Å². The lowest BCUT2D eigenvalue weighted by atomic mass is 10.1. The van der Waals surface area contributed by atoms with E-state index < -0.39 is 34.9 Å². The van der Waals surface area contributed by atoms with Crippen molar-refractivity contribution in [1.29, 1.82) is 0 Å². The first-order valence-corrected chi connectivity index (χ1v) is 11.8. The standard InChI is InChI=1S/C23H28N2O7S/c1-30-17-7-5-6-16(12-17)14-24-23(27)13-18-10-11-19(21(15-26)32-18)25-33(28,29)22-9-4-3-8-20(22)31-2/h3-12,18-19,21,25-26H,13-15H2,1-2H3,(H,24,27)/t18-,19+,21+/m0/s1. The van der Waals surface area contributed by atoms with Crippen molar-refractivity contribution in [2.75, 3.05) is 20.8 Å². The number of hydrogen-bond acceptors (Lipinski definition) is 7. The zero-order chi connectivity index (χ0) is 23.8. The predicted molar refractivity (Wildman–Crippen MR) is 121 cm³/mol. The SMILES string of the molecule is COc1cccc(CNC(=O)C[C@@H]2C=C[C@@H](NS(=O)(=O)c3ccccc3OC)[C@@H](CO)O2)c1. The van der Waals surface area contributed by atoms with Crippen LogP contribution in [0.3, 0.4) is 0 Å². The summed E-state index contributed by atoms with van der Waals surface area (Å²) < 4.78 is 44.3. The molecule has 0 saturated heterocycles. The topological polar surface area (TPSA) is 123 Å². The molecule has 0 unspecified atom stereocenters. The van der Waals surface area contributed by atoms with Gasteiger partial charge in [0.2, 0.25) is 15.9 Å². The van der Waals surface area contributed by atoms with Gasteiger partial charge in [-0.05, 0) is 29.8 Å². The van der Waals surface area contributed by atoms with Gasteiger partial charge in [-0.1, -0.05) is 36.4 Å². The van der Waals surface area contributed by atoms with Gasteiger partial charge < -0.3 is 24.6 Å². The molecule has 0 fully saturated rings. The lowest BCUT2D eigenvalue weighted by molar-refractivity contribution is -0.125. The summed E-state index contributed by atoms with van der Waals surface area (Å²) >= 11 is 0. The quantitative estimate of drug-likeness (QED) is 0.443. The molecule has 0 radical (unpaired) electrons. The Kier molecular flexibility index (Phi) is 8.45. The molecular formula is C23H28N2O7S. The number of para-hydroxylation sites is 1. The maximum absolute atomic E-state index is 12.8. The summed E-state index contributed by atoms with van der Waals surface area (Å²) in [5, 5.41) is 12.6. The van der Waals surface area contributed by atoms with Gasteiger partial charge in [0, 0.05) is 6.54 Å². The van der Waals surface area contributed by atoms with E-state index in [0.29, 0.717) is 12.3 Å². The Hall–Kier alpha value is -2.92. The van der Waals surface area contributed by atoms with Crippen LogP contribution < -0.4 is 19.5 Å². The number of ether oxygens (including phenoxy) is 3. The van der Waals surface area contributed by atoms with Gasteiger partial charge in [0.1, 0.15) is 22.5 Å². The van der Waals surface area contributed by atoms with Gasteiger partial charge in [0.05, 0.1) is 39.4 Å². The lowest BCUT2D eigenvalue weighted by Gasteiger charge is -2.31. The second-order valence-electron chi connectivity index (χ2n) is 7.41. The molecule has 1 aliphatic rings. The minimum atomic E-state index is -3.94. The molecule has 3 N–H and O–H groups in total. The molecule has 9 nitrogen and oxygen atoms in total. The molecule has 3 rings (SSSR count). The Morgan fingerprint density at radius 2 is 1.88 bits per heavy atom. The van der Waals surface area contributed by atoms with E-state index in [0.717, 1.165) is 5.56 Å². The predicted octanol–water partition coefficient (Wildman–Crippen LogP) is 1.37. The molecule has 0 aliphatic carbocycles. The first-order valence-electron chi connectivity index (χ1n) is 10.4. The van der Waals surface area contributed by atoms with E-state index in [4.69, 9.17) is 14.2 Å². The summed E-state index contributed by atoms with van der Waals surface area (Å²) in [7, 11) is -0.976. The number of hydrogen-bond donors (Lipinski definition) is 3. The van der Waals surface area contributed by atoms with E-state index in [-0.39, 0.29) is 23.0 Å². The van der Waals surface area contributed by atoms with Crippen molar-refractivity contribution >= 4 is 15.9 Å². The summed E-state index contributed by atoms with van der Waals surface area (Å²) in [6.45, 7) is -0.0946. The van der Waals surface area contributed by atoms with Gasteiger partial charge in [-0.25, -0.2) is 13.1 Å². The van der Waals surface area contributed by atoms with Crippen LogP contribution in [0.5, 0.6) is 11.5 Å². The molecule has 1 heterocycles. The molecule has 1 amide bonds. The number of methoxy groups -OCH3 is 2. The van der Waals surface area contributed by atoms with Crippen LogP contribution in [0.1, 0.15) is 12.0 Å². The lowest BCUT2D eigenvalue weighted by Crippen LogP contribution is -2.49. The number of aliphatic hydroxyl groups is 1. The van der Waals surface area contributed by atoms with Crippen LogP contribution in [0, 0.1) is 0 Å². The minimum absolute atomic E-state index is 0.0170. The van der Waals surface area contributed by atoms with Crippen LogP contribution in [-0.2, 0) is 26.1 Å². The van der Waals surface area contributed by atoms with Crippen molar-refractivity contribution in [1.82, 2.24) is 10.0 Å². The number of aliphatic hydroxyl groups excluding tert-OH is 1. The Labute approximate surface area is 193 Å². The zero-order valence-electron chi connectivity index (χ0n) is 18.4. The second kappa shape index (κ2) is 11.3. The maximum atomic E-state index is 12.8. The smallest absolute Gasteiger partial charge is 0.244 e. The molecule has 2 aromatic carbocycles. The number of carbonyl (C=O) groups is 1. The van der Waals surface area contributed by atoms with Crippen LogP contribution in [0.4, 0.5) is 0 Å². The average Bonchev–Trinajstić information content (AvgIpc) is 2.83. The third-order valence-corrected chi connectivity index (χ3v) is 6.62. The number of carbonyl (C=O) groups excluding carboxylic acids is 1. The van der Waals surface area contributed by atoms with Gasteiger partial charge in [-0.2, -0.15) is 0 Å². The zero-order valence-corrected chi connectivity index (χ0v) is 19.2. The van der Waals surface area contributed by atoms with Crippen molar-refractivity contribution in [2.45, 2.75) is 36.1 Å². The minimum Gasteiger partial charge on any atom is -0.497 e. The summed E-state index contributed by atoms with van der Waals surface area (Å²) in [5.41, 5.74) is 0.891. The van der Waals surface area contributed by atoms with E-state index in [1.807, 2.05) is 24.3 Å². The van der Waals surface area contributed by atoms with Gasteiger partial charge in [0.15, 0.2) is 0 Å².